The Morgan fingerprint density at radius 2 is 1.89 bits per heavy atom. The van der Waals surface area contributed by atoms with Gasteiger partial charge in [-0.25, -0.2) is 4.79 Å². The molecule has 0 aliphatic carbocycles. The van der Waals surface area contributed by atoms with E-state index in [1.807, 2.05) is 6.07 Å². The first kappa shape index (κ1) is 19.9. The zero-order valence-electron chi connectivity index (χ0n) is 15.7. The third kappa shape index (κ3) is 3.90. The minimum absolute atomic E-state index is 0.298. The fourth-order valence-corrected chi connectivity index (χ4v) is 2.66. The fourth-order valence-electron chi connectivity index (χ4n) is 2.66. The summed E-state index contributed by atoms with van der Waals surface area (Å²) in [5, 5.41) is 9.17. The van der Waals surface area contributed by atoms with Gasteiger partial charge in [-0.2, -0.15) is 5.26 Å². The van der Waals surface area contributed by atoms with E-state index in [9.17, 15) is 9.59 Å². The molecule has 1 amide bonds. The highest BCUT2D eigenvalue weighted by Crippen LogP contribution is 2.28. The lowest BCUT2D eigenvalue weighted by atomic mass is 9.94. The van der Waals surface area contributed by atoms with Crippen molar-refractivity contribution >= 4 is 11.9 Å². The summed E-state index contributed by atoms with van der Waals surface area (Å²) in [6.45, 7) is 3.12. The third-order valence-electron chi connectivity index (χ3n) is 4.41. The number of methoxy groups -OCH3 is 1. The first-order valence-corrected chi connectivity index (χ1v) is 8.29. The fraction of sp³-hybridized carbons (Fsp3) is 0.300. The van der Waals surface area contributed by atoms with Crippen molar-refractivity contribution in [2.75, 3.05) is 14.2 Å². The van der Waals surface area contributed by atoms with Crippen LogP contribution in [-0.2, 0) is 19.9 Å². The van der Waals surface area contributed by atoms with Crippen LogP contribution in [0.25, 0.3) is 0 Å². The Kier molecular flexibility index (Phi) is 6.14. The second-order valence-electron chi connectivity index (χ2n) is 6.04. The van der Waals surface area contributed by atoms with E-state index in [4.69, 9.17) is 14.7 Å². The molecule has 0 unspecified atom stereocenters. The minimum Gasteiger partial charge on any atom is -0.480 e. The van der Waals surface area contributed by atoms with Gasteiger partial charge in [0.15, 0.2) is 11.6 Å². The maximum absolute atomic E-state index is 13.0. The van der Waals surface area contributed by atoms with Crippen LogP contribution in [0.1, 0.15) is 25.1 Å². The maximum Gasteiger partial charge on any atom is 0.337 e. The number of nitrogens with zero attached hydrogens (tertiary/aromatic N) is 3. The number of carbonyl (C=O) groups is 2. The van der Waals surface area contributed by atoms with E-state index in [0.29, 0.717) is 17.0 Å². The Labute approximate surface area is 158 Å². The lowest BCUT2D eigenvalue weighted by Gasteiger charge is -2.36. The molecule has 0 spiro atoms. The molecule has 7 heteroatoms. The largest absolute Gasteiger partial charge is 0.480 e. The summed E-state index contributed by atoms with van der Waals surface area (Å²) in [6, 6.07) is 13.7. The average molecular weight is 367 g/mol. The number of likely N-dealkylation sites (N-methyl/N-ethyl adjacent to an activating group) is 1. The van der Waals surface area contributed by atoms with Crippen LogP contribution in [0.15, 0.2) is 48.7 Å². The summed E-state index contributed by atoms with van der Waals surface area (Å²) in [4.78, 5) is 31.0. The zero-order chi connectivity index (χ0) is 20.0. The molecule has 0 saturated heterocycles. The first-order chi connectivity index (χ1) is 12.9. The van der Waals surface area contributed by atoms with Gasteiger partial charge in [-0.15, -0.1) is 0 Å². The van der Waals surface area contributed by atoms with E-state index in [1.54, 1.807) is 56.3 Å². The third-order valence-corrected chi connectivity index (χ3v) is 4.41. The van der Waals surface area contributed by atoms with Crippen molar-refractivity contribution in [3.63, 3.8) is 0 Å². The van der Waals surface area contributed by atoms with E-state index in [2.05, 4.69) is 4.98 Å². The van der Waals surface area contributed by atoms with Gasteiger partial charge >= 0.3 is 5.97 Å². The maximum atomic E-state index is 13.0. The van der Waals surface area contributed by atoms with Crippen LogP contribution in [0, 0.1) is 11.3 Å². The Bertz CT molecular complexity index is 863. The molecule has 0 radical (unpaired) electrons. The van der Waals surface area contributed by atoms with Crippen molar-refractivity contribution in [1.29, 1.82) is 5.26 Å². The van der Waals surface area contributed by atoms with Crippen molar-refractivity contribution in [1.82, 2.24) is 9.88 Å². The number of amides is 1. The van der Waals surface area contributed by atoms with Gasteiger partial charge < -0.3 is 14.4 Å². The lowest BCUT2D eigenvalue weighted by Crippen LogP contribution is -2.54. The molecular weight excluding hydrogens is 346 g/mol. The molecule has 0 aliphatic heterocycles. The summed E-state index contributed by atoms with van der Waals surface area (Å²) < 4.78 is 10.6. The quantitative estimate of drug-likeness (QED) is 0.727. The van der Waals surface area contributed by atoms with Gasteiger partial charge in [0.2, 0.25) is 0 Å². The molecule has 0 saturated carbocycles. The van der Waals surface area contributed by atoms with Gasteiger partial charge in [-0.1, -0.05) is 18.2 Å². The standard InChI is InChI=1S/C20H21N3O4/c1-14(27-16-10-6-5-9-15(16)13-21)18(24)23(3)20(2,19(25)26-4)17-11-7-8-12-22-17/h5-12,14H,1-4H3/t14-,20-/m0/s1. The van der Waals surface area contributed by atoms with E-state index in [-0.39, 0.29) is 0 Å². The Hall–Kier alpha value is -3.40. The molecule has 1 aromatic carbocycles. The Balaban J connectivity index is 2.32. The molecule has 2 rings (SSSR count). The molecule has 27 heavy (non-hydrogen) atoms. The van der Waals surface area contributed by atoms with Crippen LogP contribution in [0.4, 0.5) is 0 Å². The van der Waals surface area contributed by atoms with Crippen LogP contribution >= 0.6 is 0 Å². The van der Waals surface area contributed by atoms with Gasteiger partial charge in [-0.05, 0) is 38.1 Å². The van der Waals surface area contributed by atoms with Crippen molar-refractivity contribution in [3.05, 3.63) is 59.9 Å². The van der Waals surface area contributed by atoms with Crippen LogP contribution in [0.3, 0.4) is 0 Å². The molecule has 1 aromatic heterocycles. The second-order valence-corrected chi connectivity index (χ2v) is 6.04. The van der Waals surface area contributed by atoms with Gasteiger partial charge in [0.25, 0.3) is 5.91 Å². The predicted molar refractivity (Wildman–Crippen MR) is 97.6 cm³/mol. The lowest BCUT2D eigenvalue weighted by molar-refractivity contribution is -0.163. The molecule has 2 atom stereocenters. The molecule has 0 bridgehead atoms. The number of esters is 1. The number of hydrogen-bond donors (Lipinski definition) is 0. The summed E-state index contributed by atoms with van der Waals surface area (Å²) in [5.74, 6) is -0.783. The van der Waals surface area contributed by atoms with E-state index in [1.165, 1.54) is 25.3 Å². The predicted octanol–water partition coefficient (Wildman–Crippen LogP) is 2.27. The highest BCUT2D eigenvalue weighted by atomic mass is 16.5. The number of benzene rings is 1. The molecule has 2 aromatic rings. The molecule has 140 valence electrons. The number of carbonyl (C=O) groups excluding carboxylic acids is 2. The second kappa shape index (κ2) is 8.32. The van der Waals surface area contributed by atoms with Crippen molar-refractivity contribution in [3.8, 4) is 11.8 Å². The SMILES string of the molecule is COC(=O)[C@](C)(c1ccccn1)N(C)C(=O)[C@H](C)Oc1ccccc1C#N. The van der Waals surface area contributed by atoms with Crippen LogP contribution < -0.4 is 4.74 Å². The van der Waals surface area contributed by atoms with Crippen molar-refractivity contribution in [2.24, 2.45) is 0 Å². The number of rotatable bonds is 6. The van der Waals surface area contributed by atoms with Gasteiger partial charge in [0, 0.05) is 13.2 Å². The van der Waals surface area contributed by atoms with E-state index < -0.39 is 23.5 Å². The van der Waals surface area contributed by atoms with E-state index in [0.717, 1.165) is 0 Å². The summed E-state index contributed by atoms with van der Waals surface area (Å²) in [6.07, 6.45) is 0.606. The number of nitriles is 1. The van der Waals surface area contributed by atoms with Gasteiger partial charge in [-0.3, -0.25) is 9.78 Å². The smallest absolute Gasteiger partial charge is 0.337 e. The van der Waals surface area contributed by atoms with E-state index >= 15 is 0 Å². The summed E-state index contributed by atoms with van der Waals surface area (Å²) in [7, 11) is 2.74. The monoisotopic (exact) mass is 367 g/mol. The normalized spacial score (nSPS) is 13.6. The number of hydrogen-bond acceptors (Lipinski definition) is 6. The average Bonchev–Trinajstić information content (AvgIpc) is 2.72. The summed E-state index contributed by atoms with van der Waals surface area (Å²) in [5.41, 5.74) is -0.739. The number of ether oxygens (including phenoxy) is 2. The van der Waals surface area contributed by atoms with Crippen molar-refractivity contribution < 1.29 is 19.1 Å². The van der Waals surface area contributed by atoms with Crippen LogP contribution in [-0.4, -0.2) is 42.0 Å². The molecule has 0 fully saturated rings. The van der Waals surface area contributed by atoms with Crippen LogP contribution in [0.2, 0.25) is 0 Å². The topological polar surface area (TPSA) is 92.5 Å². The Morgan fingerprint density at radius 1 is 1.22 bits per heavy atom. The first-order valence-electron chi connectivity index (χ1n) is 8.29. The highest BCUT2D eigenvalue weighted by molar-refractivity contribution is 5.90. The number of pyridine rings is 1. The van der Waals surface area contributed by atoms with Gasteiger partial charge in [0.05, 0.1) is 18.4 Å². The molecule has 0 N–H and O–H groups in total. The van der Waals surface area contributed by atoms with Crippen molar-refractivity contribution in [2.45, 2.75) is 25.5 Å². The highest BCUT2D eigenvalue weighted by Gasteiger charge is 2.45. The number of para-hydroxylation sites is 1. The van der Waals surface area contributed by atoms with Crippen LogP contribution in [0.5, 0.6) is 5.75 Å². The number of aromatic nitrogens is 1. The molecule has 7 nitrogen and oxygen atoms in total. The summed E-state index contributed by atoms with van der Waals surface area (Å²) >= 11 is 0. The zero-order valence-corrected chi connectivity index (χ0v) is 15.7. The Morgan fingerprint density at radius 3 is 2.48 bits per heavy atom. The van der Waals surface area contributed by atoms with Gasteiger partial charge in [0.1, 0.15) is 11.8 Å². The molecule has 1 heterocycles. The molecular formula is C20H21N3O4. The molecule has 0 aliphatic rings. The minimum atomic E-state index is -1.43.